The van der Waals surface area contributed by atoms with Gasteiger partial charge in [-0.3, -0.25) is 15.1 Å². The van der Waals surface area contributed by atoms with Gasteiger partial charge in [0.05, 0.1) is 20.9 Å². The lowest BCUT2D eigenvalue weighted by atomic mass is 10.1. The third-order valence-corrected chi connectivity index (χ3v) is 6.80. The number of non-ortho nitro benzene ring substituents is 1. The van der Waals surface area contributed by atoms with Crippen LogP contribution >= 0.6 is 0 Å². The lowest BCUT2D eigenvalue weighted by molar-refractivity contribution is -0.383. The first-order valence-corrected chi connectivity index (χ1v) is 10.5. The molecule has 1 N–H and O–H groups in total. The summed E-state index contributed by atoms with van der Waals surface area (Å²) in [5.74, 6) is 0. The Hall–Kier alpha value is -3.04. The predicted octanol–water partition coefficient (Wildman–Crippen LogP) is 3.78. The Morgan fingerprint density at radius 1 is 1.14 bits per heavy atom. The van der Waals surface area contributed by atoms with Gasteiger partial charge < -0.3 is 5.32 Å². The van der Waals surface area contributed by atoms with Gasteiger partial charge in [0.25, 0.3) is 5.69 Å². The number of nitro benzene ring substituents is 1. The molecule has 1 heterocycles. The minimum atomic E-state index is -3.52. The topological polar surface area (TPSA) is 105 Å². The molecule has 9 heteroatoms. The van der Waals surface area contributed by atoms with Crippen molar-refractivity contribution in [2.24, 2.45) is 0 Å². The summed E-state index contributed by atoms with van der Waals surface area (Å²) in [6, 6.07) is 12.9. The van der Waals surface area contributed by atoms with E-state index in [1.165, 1.54) is 10.4 Å². The van der Waals surface area contributed by atoms with Crippen LogP contribution in [-0.2, 0) is 16.6 Å². The Balaban J connectivity index is 1.81. The molecule has 0 spiro atoms. The van der Waals surface area contributed by atoms with Crippen molar-refractivity contribution in [3.8, 4) is 0 Å². The number of nitrogens with zero attached hydrogens (tertiary/aromatic N) is 3. The van der Waals surface area contributed by atoms with Crippen molar-refractivity contribution in [1.82, 2.24) is 9.29 Å². The molecule has 0 aliphatic carbocycles. The smallest absolute Gasteiger partial charge is 0.278 e. The van der Waals surface area contributed by atoms with E-state index in [0.29, 0.717) is 23.1 Å². The highest BCUT2D eigenvalue weighted by Gasteiger charge is 2.22. The molecule has 0 saturated heterocycles. The second-order valence-electron chi connectivity index (χ2n) is 6.90. The van der Waals surface area contributed by atoms with Crippen LogP contribution in [0.25, 0.3) is 10.9 Å². The van der Waals surface area contributed by atoms with E-state index in [1.807, 2.05) is 13.8 Å². The number of nitro groups is 1. The molecule has 3 aromatic rings. The van der Waals surface area contributed by atoms with Crippen LogP contribution in [0.15, 0.2) is 59.6 Å². The Morgan fingerprint density at radius 2 is 1.83 bits per heavy atom. The maximum absolute atomic E-state index is 12.5. The summed E-state index contributed by atoms with van der Waals surface area (Å²) in [6.07, 6.45) is 1.59. The first-order valence-electron chi connectivity index (χ1n) is 9.05. The van der Waals surface area contributed by atoms with Gasteiger partial charge >= 0.3 is 0 Å². The Kier molecular flexibility index (Phi) is 5.81. The van der Waals surface area contributed by atoms with E-state index >= 15 is 0 Å². The van der Waals surface area contributed by atoms with E-state index in [1.54, 1.807) is 55.7 Å². The molecule has 0 atom stereocenters. The Labute approximate surface area is 169 Å². The van der Waals surface area contributed by atoms with Crippen molar-refractivity contribution >= 4 is 32.3 Å². The second-order valence-corrected chi connectivity index (χ2v) is 8.90. The van der Waals surface area contributed by atoms with Gasteiger partial charge in [-0.15, -0.1) is 0 Å². The van der Waals surface area contributed by atoms with E-state index in [0.717, 1.165) is 5.56 Å². The number of benzene rings is 2. The molecule has 1 aromatic heterocycles. The molecular formula is C20H22N4O4S. The van der Waals surface area contributed by atoms with Gasteiger partial charge in [-0.25, -0.2) is 8.42 Å². The Bertz CT molecular complexity index is 1140. The normalized spacial score (nSPS) is 11.9. The molecule has 0 fully saturated rings. The van der Waals surface area contributed by atoms with E-state index < -0.39 is 14.9 Å². The largest absolute Gasteiger partial charge is 0.379 e. The molecule has 0 unspecified atom stereocenters. The molecule has 0 aliphatic heterocycles. The van der Waals surface area contributed by atoms with Crippen molar-refractivity contribution in [3.63, 3.8) is 0 Å². The van der Waals surface area contributed by atoms with Crippen LogP contribution < -0.4 is 5.32 Å². The second kappa shape index (κ2) is 8.14. The summed E-state index contributed by atoms with van der Waals surface area (Å²) in [7, 11) is -1.97. The quantitative estimate of drug-likeness (QED) is 0.466. The van der Waals surface area contributed by atoms with Crippen LogP contribution in [-0.4, -0.2) is 35.7 Å². The third-order valence-electron chi connectivity index (χ3n) is 4.75. The average Bonchev–Trinajstić information content (AvgIpc) is 2.71. The van der Waals surface area contributed by atoms with E-state index in [-0.39, 0.29) is 16.6 Å². The molecule has 0 saturated carbocycles. The van der Waals surface area contributed by atoms with Gasteiger partial charge in [0.2, 0.25) is 10.0 Å². The van der Waals surface area contributed by atoms with E-state index in [2.05, 4.69) is 10.3 Å². The standard InChI is InChI=1S/C20H22N4O4S/c1-14(2)23(3)29(27,28)16-8-6-15(7-9-16)13-22-18-10-11-19(24(25)26)17-5-4-12-21-20(17)18/h4-12,14,22H,13H2,1-3H3. The van der Waals surface area contributed by atoms with E-state index in [4.69, 9.17) is 0 Å². The fourth-order valence-corrected chi connectivity index (χ4v) is 4.25. The zero-order valence-corrected chi connectivity index (χ0v) is 17.2. The first-order chi connectivity index (χ1) is 13.7. The van der Waals surface area contributed by atoms with Crippen LogP contribution in [0.3, 0.4) is 0 Å². The molecule has 2 aromatic carbocycles. The van der Waals surface area contributed by atoms with Gasteiger partial charge in [0, 0.05) is 31.9 Å². The van der Waals surface area contributed by atoms with Crippen molar-refractivity contribution in [2.75, 3.05) is 12.4 Å². The molecule has 0 radical (unpaired) electrons. The summed E-state index contributed by atoms with van der Waals surface area (Å²) in [6.45, 7) is 4.06. The number of fused-ring (bicyclic) bond motifs is 1. The zero-order valence-electron chi connectivity index (χ0n) is 16.4. The van der Waals surface area contributed by atoms with Crippen molar-refractivity contribution in [2.45, 2.75) is 31.3 Å². The molecule has 29 heavy (non-hydrogen) atoms. The number of nitrogens with one attached hydrogen (secondary N) is 1. The molecule has 0 aliphatic rings. The highest BCUT2D eigenvalue weighted by atomic mass is 32.2. The van der Waals surface area contributed by atoms with Crippen molar-refractivity contribution in [1.29, 1.82) is 0 Å². The highest BCUT2D eigenvalue weighted by molar-refractivity contribution is 7.89. The lowest BCUT2D eigenvalue weighted by Crippen LogP contribution is -2.33. The van der Waals surface area contributed by atoms with Gasteiger partial charge in [-0.05, 0) is 49.7 Å². The minimum absolute atomic E-state index is 0.00230. The third kappa shape index (κ3) is 4.20. The summed E-state index contributed by atoms with van der Waals surface area (Å²) in [5, 5.41) is 14.9. The molecule has 3 rings (SSSR count). The van der Waals surface area contributed by atoms with Crippen LogP contribution in [0.2, 0.25) is 0 Å². The van der Waals surface area contributed by atoms with Gasteiger partial charge in [-0.2, -0.15) is 4.31 Å². The van der Waals surface area contributed by atoms with Crippen LogP contribution in [0.5, 0.6) is 0 Å². The fraction of sp³-hybridized carbons (Fsp3) is 0.250. The molecular weight excluding hydrogens is 392 g/mol. The summed E-state index contributed by atoms with van der Waals surface area (Å²) >= 11 is 0. The number of aromatic nitrogens is 1. The van der Waals surface area contributed by atoms with Crippen LogP contribution in [0, 0.1) is 10.1 Å². The molecule has 0 amide bonds. The average molecular weight is 414 g/mol. The number of anilines is 1. The summed E-state index contributed by atoms with van der Waals surface area (Å²) < 4.78 is 26.4. The number of hydrogen-bond acceptors (Lipinski definition) is 6. The van der Waals surface area contributed by atoms with Crippen LogP contribution in [0.4, 0.5) is 11.4 Å². The summed E-state index contributed by atoms with van der Waals surface area (Å²) in [5.41, 5.74) is 2.06. The van der Waals surface area contributed by atoms with Gasteiger partial charge in [0.1, 0.15) is 5.52 Å². The predicted molar refractivity (Wildman–Crippen MR) is 112 cm³/mol. The monoisotopic (exact) mass is 414 g/mol. The maximum Gasteiger partial charge on any atom is 0.278 e. The van der Waals surface area contributed by atoms with Gasteiger partial charge in [-0.1, -0.05) is 12.1 Å². The number of sulfonamides is 1. The first kappa shape index (κ1) is 20.7. The number of hydrogen-bond donors (Lipinski definition) is 1. The van der Waals surface area contributed by atoms with Crippen LogP contribution in [0.1, 0.15) is 19.4 Å². The maximum atomic E-state index is 12.5. The molecule has 152 valence electrons. The molecule has 8 nitrogen and oxygen atoms in total. The minimum Gasteiger partial charge on any atom is -0.379 e. The van der Waals surface area contributed by atoms with Crippen molar-refractivity contribution < 1.29 is 13.3 Å². The fourth-order valence-electron chi connectivity index (χ4n) is 2.88. The van der Waals surface area contributed by atoms with Crippen molar-refractivity contribution in [3.05, 3.63) is 70.4 Å². The molecule has 0 bridgehead atoms. The lowest BCUT2D eigenvalue weighted by Gasteiger charge is -2.21. The number of pyridine rings is 1. The highest BCUT2D eigenvalue weighted by Crippen LogP contribution is 2.30. The van der Waals surface area contributed by atoms with E-state index in [9.17, 15) is 18.5 Å². The Morgan fingerprint density at radius 3 is 2.45 bits per heavy atom. The SMILES string of the molecule is CC(C)N(C)S(=O)(=O)c1ccc(CNc2ccc([N+](=O)[O-])c3cccnc23)cc1. The van der Waals surface area contributed by atoms with Gasteiger partial charge in [0.15, 0.2) is 0 Å². The number of rotatable bonds is 7. The zero-order chi connectivity index (χ0) is 21.2. The summed E-state index contributed by atoms with van der Waals surface area (Å²) in [4.78, 5) is 15.3.